The minimum atomic E-state index is -1.58. The van der Waals surface area contributed by atoms with Gasteiger partial charge >= 0.3 is 12.2 Å². The highest BCUT2D eigenvalue weighted by Gasteiger charge is 2.26. The minimum absolute atomic E-state index is 0.116. The van der Waals surface area contributed by atoms with Gasteiger partial charge in [-0.05, 0) is 6.42 Å². The Bertz CT molecular complexity index is 567. The molecule has 0 bridgehead atoms. The molecular formula is C11H12N4O5S. The maximum absolute atomic E-state index is 11.7. The number of hydrogen-bond acceptors (Lipinski definition) is 6. The lowest BCUT2D eigenvalue weighted by Gasteiger charge is -2.15. The summed E-state index contributed by atoms with van der Waals surface area (Å²) in [5, 5.41) is 22.2. The summed E-state index contributed by atoms with van der Waals surface area (Å²) in [6.45, 7) is 0. The fraction of sp³-hybridized carbons (Fsp3) is 0.364. The number of Topliss-reactive ketones (excluding diaryl/α,β-unsaturated/α-hetero) is 1. The van der Waals surface area contributed by atoms with Crippen molar-refractivity contribution in [3.63, 3.8) is 0 Å². The molecule has 0 aliphatic rings. The monoisotopic (exact) mass is 312 g/mol. The molecule has 0 saturated carbocycles. The molecule has 0 spiro atoms. The number of nitrogens with one attached hydrogen (secondary N) is 1. The molecule has 1 rings (SSSR count). The first-order chi connectivity index (χ1) is 9.95. The highest BCUT2D eigenvalue weighted by molar-refractivity contribution is 7.07. The van der Waals surface area contributed by atoms with E-state index in [0.29, 0.717) is 6.21 Å². The van der Waals surface area contributed by atoms with Gasteiger partial charge in [-0.3, -0.25) is 9.59 Å². The van der Waals surface area contributed by atoms with E-state index in [4.69, 9.17) is 10.6 Å². The summed E-state index contributed by atoms with van der Waals surface area (Å²) in [5.74, 6) is -2.85. The van der Waals surface area contributed by atoms with Crippen molar-refractivity contribution in [3.8, 4) is 0 Å². The summed E-state index contributed by atoms with van der Waals surface area (Å²) in [4.78, 5) is 40.1. The van der Waals surface area contributed by atoms with Gasteiger partial charge < -0.3 is 21.1 Å². The SMILES string of the molecule is [N-]=[N+]=CC(=O)CCC(NC(=O)C(O)c1cscn1)C(=O)O. The van der Waals surface area contributed by atoms with Gasteiger partial charge in [-0.15, -0.1) is 11.3 Å². The maximum atomic E-state index is 11.7. The van der Waals surface area contributed by atoms with Gasteiger partial charge in [0.15, 0.2) is 6.10 Å². The second-order valence-electron chi connectivity index (χ2n) is 3.96. The highest BCUT2D eigenvalue weighted by Crippen LogP contribution is 2.13. The minimum Gasteiger partial charge on any atom is -0.480 e. The smallest absolute Gasteiger partial charge is 0.326 e. The number of rotatable bonds is 8. The van der Waals surface area contributed by atoms with Crippen molar-refractivity contribution >= 4 is 35.2 Å². The number of aliphatic carboxylic acids is 1. The number of carbonyl (C=O) groups excluding carboxylic acids is 2. The molecule has 112 valence electrons. The van der Waals surface area contributed by atoms with Gasteiger partial charge in [0.1, 0.15) is 6.04 Å². The average Bonchev–Trinajstić information content (AvgIpc) is 2.96. The predicted molar refractivity (Wildman–Crippen MR) is 70.6 cm³/mol. The Balaban J connectivity index is 2.61. The molecular weight excluding hydrogens is 300 g/mol. The zero-order valence-electron chi connectivity index (χ0n) is 10.7. The molecule has 1 heterocycles. The van der Waals surface area contributed by atoms with E-state index < -0.39 is 29.8 Å². The first kappa shape index (κ1) is 16.6. The van der Waals surface area contributed by atoms with Gasteiger partial charge in [-0.1, -0.05) is 0 Å². The summed E-state index contributed by atoms with van der Waals surface area (Å²) >= 11 is 1.18. The van der Waals surface area contributed by atoms with Gasteiger partial charge in [-0.25, -0.2) is 9.78 Å². The Hall–Kier alpha value is -2.42. The van der Waals surface area contributed by atoms with E-state index >= 15 is 0 Å². The number of ketones is 1. The molecule has 21 heavy (non-hydrogen) atoms. The third-order valence-corrected chi connectivity index (χ3v) is 3.08. The van der Waals surface area contributed by atoms with Crippen LogP contribution in [0.5, 0.6) is 0 Å². The molecule has 2 unspecified atom stereocenters. The van der Waals surface area contributed by atoms with E-state index in [1.54, 1.807) is 0 Å². The van der Waals surface area contributed by atoms with Crippen LogP contribution in [0.25, 0.3) is 5.53 Å². The Kier molecular flexibility index (Phi) is 6.34. The van der Waals surface area contributed by atoms with E-state index in [2.05, 4.69) is 15.1 Å². The zero-order valence-corrected chi connectivity index (χ0v) is 11.5. The predicted octanol–water partition coefficient (Wildman–Crippen LogP) is -0.604. The number of aliphatic hydroxyl groups is 1. The van der Waals surface area contributed by atoms with Crippen LogP contribution >= 0.6 is 11.3 Å². The summed E-state index contributed by atoms with van der Waals surface area (Å²) in [7, 11) is 0. The number of carboxylic acids is 1. The lowest BCUT2D eigenvalue weighted by molar-refractivity contribution is -0.143. The van der Waals surface area contributed by atoms with E-state index in [-0.39, 0.29) is 18.5 Å². The van der Waals surface area contributed by atoms with Crippen LogP contribution in [0.4, 0.5) is 0 Å². The normalized spacial score (nSPS) is 12.8. The first-order valence-corrected chi connectivity index (χ1v) is 6.69. The first-order valence-electron chi connectivity index (χ1n) is 5.75. The maximum Gasteiger partial charge on any atom is 0.326 e. The summed E-state index contributed by atoms with van der Waals surface area (Å²) in [5.41, 5.74) is 9.70. The number of nitrogens with zero attached hydrogens (tertiary/aromatic N) is 3. The van der Waals surface area contributed by atoms with E-state index in [0.717, 1.165) is 0 Å². The van der Waals surface area contributed by atoms with Crippen molar-refractivity contribution in [2.75, 3.05) is 0 Å². The molecule has 0 radical (unpaired) electrons. The Morgan fingerprint density at radius 3 is 2.76 bits per heavy atom. The van der Waals surface area contributed by atoms with Crippen molar-refractivity contribution < 1.29 is 29.4 Å². The summed E-state index contributed by atoms with van der Waals surface area (Å²) in [6, 6.07) is -1.35. The van der Waals surface area contributed by atoms with Crippen LogP contribution in [0.15, 0.2) is 10.9 Å². The molecule has 1 aromatic heterocycles. The third kappa shape index (κ3) is 5.22. The van der Waals surface area contributed by atoms with E-state index in [1.807, 2.05) is 0 Å². The Labute approximate surface area is 122 Å². The van der Waals surface area contributed by atoms with Gasteiger partial charge in [-0.2, -0.15) is 4.79 Å². The van der Waals surface area contributed by atoms with E-state index in [1.165, 1.54) is 22.2 Å². The Morgan fingerprint density at radius 1 is 1.52 bits per heavy atom. The summed E-state index contributed by atoms with van der Waals surface area (Å²) in [6.07, 6.45) is -1.36. The van der Waals surface area contributed by atoms with Crippen molar-refractivity contribution in [2.24, 2.45) is 0 Å². The van der Waals surface area contributed by atoms with Gasteiger partial charge in [0.2, 0.25) is 5.78 Å². The van der Waals surface area contributed by atoms with Crippen LogP contribution in [0.2, 0.25) is 0 Å². The second-order valence-corrected chi connectivity index (χ2v) is 4.68. The van der Waals surface area contributed by atoms with Crippen molar-refractivity contribution in [2.45, 2.75) is 25.0 Å². The number of aliphatic hydroxyl groups excluding tert-OH is 1. The molecule has 0 aliphatic carbocycles. The molecule has 0 aromatic carbocycles. The molecule has 9 nitrogen and oxygen atoms in total. The second kappa shape index (κ2) is 8.00. The molecule has 0 saturated heterocycles. The van der Waals surface area contributed by atoms with Crippen molar-refractivity contribution in [1.29, 1.82) is 0 Å². The lowest BCUT2D eigenvalue weighted by Crippen LogP contribution is -2.43. The topological polar surface area (TPSA) is 153 Å². The number of carbonyl (C=O) groups is 3. The van der Waals surface area contributed by atoms with Crippen LogP contribution in [0.3, 0.4) is 0 Å². The van der Waals surface area contributed by atoms with Crippen molar-refractivity contribution in [3.05, 3.63) is 22.1 Å². The molecule has 1 amide bonds. The van der Waals surface area contributed by atoms with Crippen LogP contribution < -0.4 is 5.32 Å². The fourth-order valence-electron chi connectivity index (χ4n) is 1.41. The third-order valence-electron chi connectivity index (χ3n) is 2.48. The van der Waals surface area contributed by atoms with Gasteiger partial charge in [0, 0.05) is 11.8 Å². The number of amides is 1. The lowest BCUT2D eigenvalue weighted by atomic mass is 10.1. The average molecular weight is 312 g/mol. The van der Waals surface area contributed by atoms with Crippen molar-refractivity contribution in [1.82, 2.24) is 10.3 Å². The number of hydrogen-bond donors (Lipinski definition) is 3. The number of aromatic nitrogens is 1. The standard InChI is InChI=1S/C11H12N4O5S/c12-14-3-6(16)1-2-7(11(19)20)15-10(18)9(17)8-4-21-5-13-8/h3-5,7,9,17H,1-2H2,(H,15,18)(H,19,20). The molecule has 10 heteroatoms. The fourth-order valence-corrected chi connectivity index (χ4v) is 1.99. The quantitative estimate of drug-likeness (QED) is 0.331. The number of carboxylic acid groups (broad SMARTS) is 1. The largest absolute Gasteiger partial charge is 0.480 e. The Morgan fingerprint density at radius 2 is 2.24 bits per heavy atom. The molecule has 1 aromatic rings. The van der Waals surface area contributed by atoms with Crippen LogP contribution in [0, 0.1) is 0 Å². The molecule has 3 N–H and O–H groups in total. The van der Waals surface area contributed by atoms with E-state index in [9.17, 15) is 19.5 Å². The van der Waals surface area contributed by atoms with Gasteiger partial charge in [0.25, 0.3) is 5.91 Å². The van der Waals surface area contributed by atoms with Crippen LogP contribution in [-0.4, -0.2) is 49.9 Å². The van der Waals surface area contributed by atoms with Crippen LogP contribution in [-0.2, 0) is 14.4 Å². The number of thiazole rings is 1. The highest BCUT2D eigenvalue weighted by atomic mass is 32.1. The zero-order chi connectivity index (χ0) is 15.8. The molecule has 2 atom stereocenters. The summed E-state index contributed by atoms with van der Waals surface area (Å²) < 4.78 is 0. The van der Waals surface area contributed by atoms with Crippen LogP contribution in [0.1, 0.15) is 24.6 Å². The molecule has 0 fully saturated rings. The molecule has 0 aliphatic heterocycles. The van der Waals surface area contributed by atoms with Gasteiger partial charge in [0.05, 0.1) is 11.2 Å².